The number of ether oxygens (including phenoxy) is 1. The van der Waals surface area contributed by atoms with Crippen LogP contribution in [-0.2, 0) is 14.3 Å². The Labute approximate surface area is 183 Å². The summed E-state index contributed by atoms with van der Waals surface area (Å²) in [5.74, 6) is 0.118. The molecule has 5 rings (SSSR count). The lowest BCUT2D eigenvalue weighted by molar-refractivity contribution is -0.138. The number of piperidine rings is 1. The molecule has 168 valence electrons. The van der Waals surface area contributed by atoms with Gasteiger partial charge in [-0.05, 0) is 49.7 Å². The van der Waals surface area contributed by atoms with Crippen LogP contribution in [0.2, 0.25) is 0 Å². The molecule has 2 saturated heterocycles. The molecular formula is C20H23FN8O3. The number of rotatable bonds is 5. The fraction of sp³-hybridized carbons (Fsp3) is 0.550. The molecule has 0 radical (unpaired) electrons. The molecule has 0 bridgehead atoms. The van der Waals surface area contributed by atoms with Crippen molar-refractivity contribution >= 4 is 11.9 Å². The quantitative estimate of drug-likeness (QED) is 0.613. The Bertz CT molecular complexity index is 1050. The predicted molar refractivity (Wildman–Crippen MR) is 107 cm³/mol. The monoisotopic (exact) mass is 442 g/mol. The lowest BCUT2D eigenvalue weighted by Crippen LogP contribution is -2.45. The molecule has 0 aliphatic carbocycles. The molecule has 12 heteroatoms. The summed E-state index contributed by atoms with van der Waals surface area (Å²) in [5.41, 5.74) is 1.01. The van der Waals surface area contributed by atoms with Crippen molar-refractivity contribution in [2.24, 2.45) is 5.41 Å². The third-order valence-electron chi connectivity index (χ3n) is 6.71. The summed E-state index contributed by atoms with van der Waals surface area (Å²) in [6.07, 6.45) is 5.01. The number of carbonyl (C=O) groups excluding carboxylic acids is 2. The minimum Gasteiger partial charge on any atom is -0.456 e. The van der Waals surface area contributed by atoms with E-state index in [4.69, 9.17) is 4.74 Å². The standard InChI is InChI=1S/C20H23FN8O3/c1-13-16(11-32-18(13)30)28-7-4-20(19(28)31)2-5-27(6-3-20)10-14(21)15-8-23-17(9-22-15)29-12-24-25-26-29/h8-9,12,14H,2-7,10-11H2,1H3. The minimum atomic E-state index is -1.29. The van der Waals surface area contributed by atoms with E-state index in [0.29, 0.717) is 49.6 Å². The van der Waals surface area contributed by atoms with Gasteiger partial charge in [0.25, 0.3) is 0 Å². The zero-order valence-corrected chi connectivity index (χ0v) is 17.6. The van der Waals surface area contributed by atoms with E-state index in [1.807, 2.05) is 4.90 Å². The Balaban J connectivity index is 1.18. The van der Waals surface area contributed by atoms with Crippen LogP contribution in [0.25, 0.3) is 5.82 Å². The van der Waals surface area contributed by atoms with Gasteiger partial charge in [-0.15, -0.1) is 5.10 Å². The summed E-state index contributed by atoms with van der Waals surface area (Å²) in [6, 6.07) is 0. The summed E-state index contributed by atoms with van der Waals surface area (Å²) in [6.45, 7) is 3.91. The third-order valence-corrected chi connectivity index (χ3v) is 6.71. The largest absolute Gasteiger partial charge is 0.456 e. The van der Waals surface area contributed by atoms with Gasteiger partial charge >= 0.3 is 5.97 Å². The van der Waals surface area contributed by atoms with Crippen LogP contribution in [0.4, 0.5) is 4.39 Å². The van der Waals surface area contributed by atoms with Crippen molar-refractivity contribution in [2.75, 3.05) is 32.8 Å². The van der Waals surface area contributed by atoms with E-state index in [-0.39, 0.29) is 30.7 Å². The molecule has 11 nitrogen and oxygen atoms in total. The molecule has 1 unspecified atom stereocenters. The second-order valence-corrected chi connectivity index (χ2v) is 8.46. The topological polar surface area (TPSA) is 119 Å². The van der Waals surface area contributed by atoms with E-state index >= 15 is 0 Å². The SMILES string of the molecule is CC1=C(N2CCC3(CCN(CC(F)c4cnc(-n5cnnn5)cn4)CC3)C2=O)COC1=O. The van der Waals surface area contributed by atoms with E-state index in [1.165, 1.54) is 23.4 Å². The number of likely N-dealkylation sites (tertiary alicyclic amines) is 2. The lowest BCUT2D eigenvalue weighted by atomic mass is 9.77. The van der Waals surface area contributed by atoms with Gasteiger partial charge in [0.1, 0.15) is 12.9 Å². The maximum Gasteiger partial charge on any atom is 0.336 e. The highest BCUT2D eigenvalue weighted by Gasteiger charge is 2.50. The summed E-state index contributed by atoms with van der Waals surface area (Å²) in [4.78, 5) is 37.0. The first kappa shape index (κ1) is 20.6. The first-order chi connectivity index (χ1) is 15.5. The van der Waals surface area contributed by atoms with Crippen LogP contribution >= 0.6 is 0 Å². The van der Waals surface area contributed by atoms with Crippen LogP contribution in [0.15, 0.2) is 30.0 Å². The van der Waals surface area contributed by atoms with Crippen molar-refractivity contribution in [3.63, 3.8) is 0 Å². The highest BCUT2D eigenvalue weighted by molar-refractivity contribution is 5.94. The number of aromatic nitrogens is 6. The molecule has 1 amide bonds. The lowest BCUT2D eigenvalue weighted by Gasteiger charge is -2.38. The number of cyclic esters (lactones) is 1. The zero-order valence-electron chi connectivity index (χ0n) is 17.6. The molecule has 0 N–H and O–H groups in total. The average molecular weight is 442 g/mol. The van der Waals surface area contributed by atoms with Crippen LogP contribution < -0.4 is 0 Å². The molecular weight excluding hydrogens is 419 g/mol. The average Bonchev–Trinajstić information content (AvgIpc) is 3.53. The predicted octanol–water partition coefficient (Wildman–Crippen LogP) is 0.608. The van der Waals surface area contributed by atoms with Gasteiger partial charge < -0.3 is 9.64 Å². The summed E-state index contributed by atoms with van der Waals surface area (Å²) in [5, 5.41) is 10.8. The Morgan fingerprint density at radius 2 is 1.94 bits per heavy atom. The molecule has 32 heavy (non-hydrogen) atoms. The van der Waals surface area contributed by atoms with Crippen molar-refractivity contribution in [2.45, 2.75) is 32.4 Å². The van der Waals surface area contributed by atoms with Crippen LogP contribution in [0.3, 0.4) is 0 Å². The van der Waals surface area contributed by atoms with E-state index in [1.54, 1.807) is 11.8 Å². The van der Waals surface area contributed by atoms with E-state index in [0.717, 1.165) is 6.42 Å². The van der Waals surface area contributed by atoms with Crippen LogP contribution in [0, 0.1) is 5.41 Å². The van der Waals surface area contributed by atoms with Gasteiger partial charge in [-0.3, -0.25) is 14.7 Å². The van der Waals surface area contributed by atoms with Crippen molar-refractivity contribution in [3.05, 3.63) is 35.7 Å². The normalized spacial score (nSPS) is 22.1. The van der Waals surface area contributed by atoms with Gasteiger partial charge in [-0.2, -0.15) is 4.68 Å². The summed E-state index contributed by atoms with van der Waals surface area (Å²) >= 11 is 0. The van der Waals surface area contributed by atoms with Crippen molar-refractivity contribution < 1.29 is 18.7 Å². The fourth-order valence-corrected chi connectivity index (χ4v) is 4.65. The van der Waals surface area contributed by atoms with Crippen molar-refractivity contribution in [1.82, 2.24) is 40.0 Å². The second kappa shape index (κ2) is 8.01. The van der Waals surface area contributed by atoms with E-state index < -0.39 is 11.6 Å². The molecule has 0 saturated carbocycles. The molecule has 1 atom stereocenters. The molecule has 1 spiro atoms. The first-order valence-electron chi connectivity index (χ1n) is 10.6. The number of halogens is 1. The van der Waals surface area contributed by atoms with Gasteiger partial charge in [-0.25, -0.2) is 14.2 Å². The van der Waals surface area contributed by atoms with Gasteiger partial charge in [0.2, 0.25) is 5.91 Å². The summed E-state index contributed by atoms with van der Waals surface area (Å²) < 4.78 is 21.3. The van der Waals surface area contributed by atoms with E-state index in [9.17, 15) is 14.0 Å². The van der Waals surface area contributed by atoms with Gasteiger partial charge in [0.15, 0.2) is 12.0 Å². The summed E-state index contributed by atoms with van der Waals surface area (Å²) in [7, 11) is 0. The molecule has 2 fully saturated rings. The smallest absolute Gasteiger partial charge is 0.336 e. The Morgan fingerprint density at radius 3 is 2.56 bits per heavy atom. The molecule has 3 aliphatic heterocycles. The number of amides is 1. The van der Waals surface area contributed by atoms with Crippen molar-refractivity contribution in [3.8, 4) is 5.82 Å². The maximum atomic E-state index is 14.9. The van der Waals surface area contributed by atoms with E-state index in [2.05, 4.69) is 25.5 Å². The second-order valence-electron chi connectivity index (χ2n) is 8.46. The Kier molecular flexibility index (Phi) is 5.16. The highest BCUT2D eigenvalue weighted by atomic mass is 19.1. The van der Waals surface area contributed by atoms with Crippen molar-refractivity contribution in [1.29, 1.82) is 0 Å². The molecule has 2 aromatic heterocycles. The van der Waals surface area contributed by atoms with Crippen LogP contribution in [-0.4, -0.2) is 84.6 Å². The number of hydrogen-bond donors (Lipinski definition) is 0. The number of hydrogen-bond acceptors (Lipinski definition) is 9. The number of alkyl halides is 1. The Hall–Kier alpha value is -3.28. The number of tetrazole rings is 1. The fourth-order valence-electron chi connectivity index (χ4n) is 4.65. The molecule has 0 aromatic carbocycles. The molecule has 3 aliphatic rings. The third kappa shape index (κ3) is 3.53. The first-order valence-corrected chi connectivity index (χ1v) is 10.6. The number of esters is 1. The molecule has 5 heterocycles. The maximum absolute atomic E-state index is 14.9. The number of nitrogens with zero attached hydrogens (tertiary/aromatic N) is 8. The van der Waals surface area contributed by atoms with Gasteiger partial charge in [-0.1, -0.05) is 0 Å². The van der Waals surface area contributed by atoms with Crippen LogP contribution in [0.5, 0.6) is 0 Å². The van der Waals surface area contributed by atoms with Crippen LogP contribution in [0.1, 0.15) is 38.1 Å². The minimum absolute atomic E-state index is 0.0608. The zero-order chi connectivity index (χ0) is 22.3. The Morgan fingerprint density at radius 1 is 1.16 bits per heavy atom. The number of carbonyl (C=O) groups is 2. The van der Waals surface area contributed by atoms with Gasteiger partial charge in [0, 0.05) is 13.1 Å². The molecule has 2 aromatic rings. The highest BCUT2D eigenvalue weighted by Crippen LogP contribution is 2.44. The van der Waals surface area contributed by atoms with Gasteiger partial charge in [0.05, 0.1) is 34.8 Å².